The van der Waals surface area contributed by atoms with Crippen LogP contribution < -0.4 is 9.80 Å². The molecular weight excluding hydrogens is 386 g/mol. The molecule has 1 fully saturated rings. The summed E-state index contributed by atoms with van der Waals surface area (Å²) < 4.78 is 23.5. The number of nitrogens with zero attached hydrogens (tertiary/aromatic N) is 3. The number of para-hydroxylation sites is 1. The summed E-state index contributed by atoms with van der Waals surface area (Å²) in [7, 11) is -3.48. The standard InChI is InChI=1S/C15H16ClN3O4S2/c1-25(22,23)14-10-13(19(20)21)15(24-14)18-8-6-17(7-9-18)12-5-3-2-4-11(12)16/h2-5,10H,6-9H2,1H3. The van der Waals surface area contributed by atoms with Gasteiger partial charge in [0.15, 0.2) is 14.8 Å². The Kier molecular flexibility index (Phi) is 4.90. The lowest BCUT2D eigenvalue weighted by molar-refractivity contribution is -0.383. The van der Waals surface area contributed by atoms with Crippen molar-refractivity contribution in [2.45, 2.75) is 4.21 Å². The molecule has 0 spiro atoms. The predicted molar refractivity (Wildman–Crippen MR) is 100.0 cm³/mol. The van der Waals surface area contributed by atoms with Crippen molar-refractivity contribution in [3.63, 3.8) is 0 Å². The quantitative estimate of drug-likeness (QED) is 0.578. The summed E-state index contributed by atoms with van der Waals surface area (Å²) in [6.07, 6.45) is 1.06. The van der Waals surface area contributed by atoms with Gasteiger partial charge in [0.25, 0.3) is 0 Å². The second-order valence-electron chi connectivity index (χ2n) is 5.71. The normalized spacial score (nSPS) is 15.4. The molecule has 1 saturated heterocycles. The van der Waals surface area contributed by atoms with Gasteiger partial charge in [0.2, 0.25) is 0 Å². The first-order chi connectivity index (χ1) is 11.8. The average Bonchev–Trinajstić information content (AvgIpc) is 3.01. The van der Waals surface area contributed by atoms with Crippen molar-refractivity contribution in [3.8, 4) is 0 Å². The monoisotopic (exact) mass is 401 g/mol. The molecule has 1 aromatic heterocycles. The summed E-state index contributed by atoms with van der Waals surface area (Å²) in [5.41, 5.74) is 0.776. The minimum atomic E-state index is -3.48. The first kappa shape index (κ1) is 18.0. The van der Waals surface area contributed by atoms with E-state index in [0.717, 1.165) is 29.3 Å². The van der Waals surface area contributed by atoms with Crippen LogP contribution in [0.5, 0.6) is 0 Å². The maximum absolute atomic E-state index is 11.7. The molecule has 10 heteroatoms. The molecule has 0 radical (unpaired) electrons. The Bertz CT molecular complexity index is 905. The molecule has 0 unspecified atom stereocenters. The van der Waals surface area contributed by atoms with Crippen LogP contribution in [-0.4, -0.2) is 45.8 Å². The highest BCUT2D eigenvalue weighted by atomic mass is 35.5. The third-order valence-corrected chi connectivity index (χ3v) is 7.30. The van der Waals surface area contributed by atoms with E-state index in [9.17, 15) is 18.5 Å². The summed E-state index contributed by atoms with van der Waals surface area (Å²) in [4.78, 5) is 14.8. The highest BCUT2D eigenvalue weighted by Crippen LogP contribution is 2.40. The van der Waals surface area contributed by atoms with E-state index in [1.54, 1.807) is 0 Å². The Balaban J connectivity index is 1.82. The van der Waals surface area contributed by atoms with Crippen molar-refractivity contribution < 1.29 is 13.3 Å². The molecule has 134 valence electrons. The smallest absolute Gasteiger partial charge is 0.305 e. The fraction of sp³-hybridized carbons (Fsp3) is 0.333. The highest BCUT2D eigenvalue weighted by Gasteiger charge is 2.29. The van der Waals surface area contributed by atoms with E-state index in [1.165, 1.54) is 0 Å². The summed E-state index contributed by atoms with van der Waals surface area (Å²) in [6.45, 7) is 2.39. The number of anilines is 2. The fourth-order valence-corrected chi connectivity index (χ4v) is 5.08. The van der Waals surface area contributed by atoms with E-state index in [-0.39, 0.29) is 9.90 Å². The van der Waals surface area contributed by atoms with Gasteiger partial charge in [0.05, 0.1) is 15.6 Å². The lowest BCUT2D eigenvalue weighted by Gasteiger charge is -2.36. The Morgan fingerprint density at radius 3 is 2.32 bits per heavy atom. The van der Waals surface area contributed by atoms with Crippen LogP contribution in [0.1, 0.15) is 0 Å². The predicted octanol–water partition coefficient (Wildman–Crippen LogP) is 3.04. The maximum atomic E-state index is 11.7. The van der Waals surface area contributed by atoms with Crippen molar-refractivity contribution >= 4 is 49.2 Å². The number of hydrogen-bond donors (Lipinski definition) is 0. The topological polar surface area (TPSA) is 83.8 Å². The molecule has 1 aromatic carbocycles. The fourth-order valence-electron chi connectivity index (χ4n) is 2.75. The van der Waals surface area contributed by atoms with Gasteiger partial charge in [-0.2, -0.15) is 0 Å². The number of hydrogen-bond acceptors (Lipinski definition) is 7. The number of halogens is 1. The van der Waals surface area contributed by atoms with Crippen LogP contribution in [0.2, 0.25) is 5.02 Å². The van der Waals surface area contributed by atoms with Crippen LogP contribution in [0.15, 0.2) is 34.5 Å². The van der Waals surface area contributed by atoms with Crippen LogP contribution in [0.3, 0.4) is 0 Å². The molecule has 0 saturated carbocycles. The molecule has 7 nitrogen and oxygen atoms in total. The number of sulfone groups is 1. The van der Waals surface area contributed by atoms with Gasteiger partial charge in [0.1, 0.15) is 4.21 Å². The van der Waals surface area contributed by atoms with Crippen molar-refractivity contribution in [1.82, 2.24) is 0 Å². The number of nitro groups is 1. The second kappa shape index (κ2) is 6.81. The Morgan fingerprint density at radius 1 is 1.16 bits per heavy atom. The molecule has 3 rings (SSSR count). The van der Waals surface area contributed by atoms with Crippen LogP contribution >= 0.6 is 22.9 Å². The van der Waals surface area contributed by atoms with Crippen molar-refractivity contribution in [2.24, 2.45) is 0 Å². The van der Waals surface area contributed by atoms with Gasteiger partial charge in [-0.25, -0.2) is 8.42 Å². The van der Waals surface area contributed by atoms with Crippen LogP contribution in [0.4, 0.5) is 16.4 Å². The summed E-state index contributed by atoms with van der Waals surface area (Å²) in [6, 6.07) is 8.69. The Hall–Kier alpha value is -1.84. The molecule has 2 heterocycles. The Labute approximate surface area is 154 Å². The zero-order valence-corrected chi connectivity index (χ0v) is 15.8. The zero-order valence-electron chi connectivity index (χ0n) is 13.4. The van der Waals surface area contributed by atoms with E-state index in [2.05, 4.69) is 4.90 Å². The lowest BCUT2D eigenvalue weighted by Crippen LogP contribution is -2.46. The van der Waals surface area contributed by atoms with Crippen LogP contribution in [-0.2, 0) is 9.84 Å². The number of piperazine rings is 1. The molecule has 1 aliphatic heterocycles. The van der Waals surface area contributed by atoms with Crippen LogP contribution in [0.25, 0.3) is 0 Å². The lowest BCUT2D eigenvalue weighted by atomic mass is 10.2. The van der Waals surface area contributed by atoms with Crippen LogP contribution in [0, 0.1) is 10.1 Å². The van der Waals surface area contributed by atoms with E-state index in [0.29, 0.717) is 36.2 Å². The van der Waals surface area contributed by atoms with Crippen molar-refractivity contribution in [1.29, 1.82) is 0 Å². The molecule has 1 aliphatic rings. The Morgan fingerprint density at radius 2 is 1.76 bits per heavy atom. The minimum Gasteiger partial charge on any atom is -0.367 e. The number of benzene rings is 1. The molecule has 0 bridgehead atoms. The third-order valence-electron chi connectivity index (χ3n) is 3.99. The van der Waals surface area contributed by atoms with Gasteiger partial charge >= 0.3 is 5.69 Å². The SMILES string of the molecule is CS(=O)(=O)c1cc([N+](=O)[O-])c(N2CCN(c3ccccc3Cl)CC2)s1. The van der Waals surface area contributed by atoms with E-state index < -0.39 is 14.8 Å². The summed E-state index contributed by atoms with van der Waals surface area (Å²) in [5, 5.41) is 12.4. The van der Waals surface area contributed by atoms with Gasteiger partial charge in [-0.3, -0.25) is 10.1 Å². The number of rotatable bonds is 4. The third kappa shape index (κ3) is 3.73. The van der Waals surface area contributed by atoms with Gasteiger partial charge in [-0.1, -0.05) is 35.1 Å². The molecule has 0 amide bonds. The minimum absolute atomic E-state index is 0.0164. The largest absolute Gasteiger partial charge is 0.367 e. The van der Waals surface area contributed by atoms with E-state index in [1.807, 2.05) is 29.2 Å². The first-order valence-electron chi connectivity index (χ1n) is 7.50. The number of thiophene rings is 1. The molecule has 2 aromatic rings. The highest BCUT2D eigenvalue weighted by molar-refractivity contribution is 7.92. The van der Waals surface area contributed by atoms with Gasteiger partial charge in [0, 0.05) is 38.5 Å². The zero-order chi connectivity index (χ0) is 18.2. The van der Waals surface area contributed by atoms with Gasteiger partial charge < -0.3 is 9.80 Å². The second-order valence-corrected chi connectivity index (χ2v) is 9.39. The van der Waals surface area contributed by atoms with E-state index >= 15 is 0 Å². The molecule has 0 N–H and O–H groups in total. The summed E-state index contributed by atoms with van der Waals surface area (Å²) >= 11 is 7.18. The van der Waals surface area contributed by atoms with Crippen molar-refractivity contribution in [3.05, 3.63) is 45.5 Å². The van der Waals surface area contributed by atoms with Gasteiger partial charge in [-0.15, -0.1) is 0 Å². The maximum Gasteiger partial charge on any atom is 0.305 e. The average molecular weight is 402 g/mol. The van der Waals surface area contributed by atoms with E-state index in [4.69, 9.17) is 11.6 Å². The van der Waals surface area contributed by atoms with Gasteiger partial charge in [-0.05, 0) is 12.1 Å². The van der Waals surface area contributed by atoms with Crippen molar-refractivity contribution in [2.75, 3.05) is 42.2 Å². The molecular formula is C15H16ClN3O4S2. The first-order valence-corrected chi connectivity index (χ1v) is 10.6. The molecule has 0 atom stereocenters. The summed E-state index contributed by atoms with van der Waals surface area (Å²) in [5.74, 6) is 0. The molecule has 25 heavy (non-hydrogen) atoms. The molecule has 0 aliphatic carbocycles.